The van der Waals surface area contributed by atoms with Crippen molar-refractivity contribution in [1.29, 1.82) is 0 Å². The van der Waals surface area contributed by atoms with Crippen molar-refractivity contribution in [2.45, 2.75) is 20.0 Å². The molecule has 0 aliphatic rings. The van der Waals surface area contributed by atoms with Gasteiger partial charge in [0.2, 0.25) is 5.91 Å². The Morgan fingerprint density at radius 2 is 1.92 bits per heavy atom. The van der Waals surface area contributed by atoms with Gasteiger partial charge in [0.1, 0.15) is 43.5 Å². The van der Waals surface area contributed by atoms with Gasteiger partial charge in [0, 0.05) is 18.4 Å². The molecule has 0 radical (unpaired) electrons. The number of aliphatic hydroxyl groups excluding tert-OH is 1. The number of carbonyl (C=O) groups excluding carboxylic acids is 1. The molecule has 0 spiro atoms. The Balaban J connectivity index is 1.49. The molecule has 0 saturated carbocycles. The van der Waals surface area contributed by atoms with Gasteiger partial charge in [-0.1, -0.05) is 30.7 Å². The Hall–Kier alpha value is -3.95. The van der Waals surface area contributed by atoms with E-state index in [1.165, 1.54) is 6.33 Å². The van der Waals surface area contributed by atoms with Gasteiger partial charge in [-0.2, -0.15) is 0 Å². The molecule has 0 saturated heterocycles. The molecule has 0 aliphatic heterocycles. The molecule has 0 unspecified atom stereocenters. The Kier molecular flexibility index (Phi) is 9.07. The fraction of sp³-hybridized carbons (Fsp3) is 0.259. The monoisotopic (exact) mass is 521 g/mol. The van der Waals surface area contributed by atoms with E-state index in [2.05, 4.69) is 20.3 Å². The molecule has 4 rings (SSSR count). The molecule has 192 valence electrons. The lowest BCUT2D eigenvalue weighted by Crippen LogP contribution is -2.37. The molecule has 0 aliphatic carbocycles. The van der Waals surface area contributed by atoms with Crippen LogP contribution in [0.15, 0.2) is 67.1 Å². The Morgan fingerprint density at radius 3 is 2.68 bits per heavy atom. The number of benzene rings is 2. The number of carbonyl (C=O) groups is 1. The maximum absolute atomic E-state index is 11.9. The van der Waals surface area contributed by atoms with Gasteiger partial charge in [-0.15, -0.1) is 0 Å². The molecular formula is C27H28ClN5O4. The molecule has 1 amide bonds. The molecule has 4 aromatic rings. The second kappa shape index (κ2) is 12.8. The van der Waals surface area contributed by atoms with E-state index >= 15 is 0 Å². The minimum Gasteiger partial charge on any atom is -0.491 e. The van der Waals surface area contributed by atoms with Gasteiger partial charge in [0.15, 0.2) is 0 Å². The van der Waals surface area contributed by atoms with E-state index in [9.17, 15) is 9.90 Å². The highest BCUT2D eigenvalue weighted by Crippen LogP contribution is 2.34. The van der Waals surface area contributed by atoms with Crippen LogP contribution in [0, 0.1) is 0 Å². The highest BCUT2D eigenvalue weighted by Gasteiger charge is 2.14. The smallest absolute Gasteiger partial charge is 0.248 e. The van der Waals surface area contributed by atoms with Crippen LogP contribution in [-0.4, -0.2) is 57.2 Å². The number of ether oxygens (including phenoxy) is 2. The summed E-state index contributed by atoms with van der Waals surface area (Å²) in [4.78, 5) is 26.6. The van der Waals surface area contributed by atoms with Crippen LogP contribution in [0.1, 0.15) is 19.0 Å². The summed E-state index contributed by atoms with van der Waals surface area (Å²) in [6.45, 7) is 2.93. The lowest BCUT2D eigenvalue weighted by atomic mass is 10.2. The second-order valence-electron chi connectivity index (χ2n) is 8.14. The van der Waals surface area contributed by atoms with Gasteiger partial charge in [-0.05, 0) is 48.9 Å². The summed E-state index contributed by atoms with van der Waals surface area (Å²) in [7, 11) is 0. The van der Waals surface area contributed by atoms with E-state index in [-0.39, 0.29) is 12.5 Å². The standard InChI is InChI=1S/C27H28ClN5O4/c1-2-12-33(25(35)16-34)13-14-36-24-8-5-7-22-26(24)27(31-18-30-22)32-19-9-10-23(21(28)15-19)37-17-20-6-3-4-11-29-20/h3-11,15,18,34H,2,12-14,16-17H2,1H3,(H,30,31,32). The van der Waals surface area contributed by atoms with Crippen molar-refractivity contribution in [2.75, 3.05) is 31.6 Å². The third-order valence-corrected chi connectivity index (χ3v) is 5.82. The van der Waals surface area contributed by atoms with Crippen molar-refractivity contribution >= 4 is 39.9 Å². The first kappa shape index (κ1) is 26.1. The number of halogens is 1. The zero-order valence-electron chi connectivity index (χ0n) is 20.4. The van der Waals surface area contributed by atoms with Crippen LogP contribution >= 0.6 is 11.6 Å². The van der Waals surface area contributed by atoms with Crippen LogP contribution in [0.2, 0.25) is 5.02 Å². The van der Waals surface area contributed by atoms with Crippen LogP contribution < -0.4 is 14.8 Å². The molecule has 2 aromatic carbocycles. The number of nitrogens with zero attached hydrogens (tertiary/aromatic N) is 4. The highest BCUT2D eigenvalue weighted by atomic mass is 35.5. The zero-order valence-corrected chi connectivity index (χ0v) is 21.2. The second-order valence-corrected chi connectivity index (χ2v) is 8.55. The van der Waals surface area contributed by atoms with Crippen LogP contribution in [0.5, 0.6) is 11.5 Å². The van der Waals surface area contributed by atoms with Gasteiger partial charge >= 0.3 is 0 Å². The third-order valence-electron chi connectivity index (χ3n) is 5.52. The summed E-state index contributed by atoms with van der Waals surface area (Å²) >= 11 is 6.48. The van der Waals surface area contributed by atoms with Crippen molar-refractivity contribution in [3.8, 4) is 11.5 Å². The normalized spacial score (nSPS) is 10.8. The zero-order chi connectivity index (χ0) is 26.0. The Labute approximate surface area is 220 Å². The lowest BCUT2D eigenvalue weighted by Gasteiger charge is -2.21. The number of rotatable bonds is 12. The number of hydrogen-bond acceptors (Lipinski definition) is 8. The highest BCUT2D eigenvalue weighted by molar-refractivity contribution is 6.32. The molecule has 37 heavy (non-hydrogen) atoms. The summed E-state index contributed by atoms with van der Waals surface area (Å²) in [5, 5.41) is 13.6. The summed E-state index contributed by atoms with van der Waals surface area (Å²) in [6, 6.07) is 16.6. The molecule has 2 heterocycles. The van der Waals surface area contributed by atoms with E-state index in [0.717, 1.165) is 12.1 Å². The number of nitrogens with one attached hydrogen (secondary N) is 1. The van der Waals surface area contributed by atoms with Gasteiger partial charge in [-0.3, -0.25) is 9.78 Å². The summed E-state index contributed by atoms with van der Waals surface area (Å²) < 4.78 is 11.9. The SMILES string of the molecule is CCCN(CCOc1cccc2ncnc(Nc3ccc(OCc4ccccn4)c(Cl)c3)c12)C(=O)CO. The first-order valence-corrected chi connectivity index (χ1v) is 12.3. The van der Waals surface area contributed by atoms with E-state index in [0.29, 0.717) is 58.6 Å². The largest absolute Gasteiger partial charge is 0.491 e. The minimum absolute atomic E-state index is 0.257. The van der Waals surface area contributed by atoms with Crippen molar-refractivity contribution in [2.24, 2.45) is 0 Å². The van der Waals surface area contributed by atoms with Crippen molar-refractivity contribution in [3.05, 3.63) is 77.8 Å². The lowest BCUT2D eigenvalue weighted by molar-refractivity contribution is -0.134. The molecule has 9 nitrogen and oxygen atoms in total. The third kappa shape index (κ3) is 6.84. The average Bonchev–Trinajstić information content (AvgIpc) is 2.92. The van der Waals surface area contributed by atoms with Gasteiger partial charge in [0.25, 0.3) is 0 Å². The van der Waals surface area contributed by atoms with Gasteiger partial charge in [0.05, 0.1) is 28.2 Å². The predicted octanol–water partition coefficient (Wildman–Crippen LogP) is 4.61. The van der Waals surface area contributed by atoms with Crippen molar-refractivity contribution in [1.82, 2.24) is 19.9 Å². The number of pyridine rings is 1. The van der Waals surface area contributed by atoms with Crippen molar-refractivity contribution < 1.29 is 19.4 Å². The van der Waals surface area contributed by atoms with Crippen LogP contribution in [0.25, 0.3) is 10.9 Å². The Bertz CT molecular complexity index is 1330. The number of amides is 1. The van der Waals surface area contributed by atoms with E-state index in [4.69, 9.17) is 21.1 Å². The summed E-state index contributed by atoms with van der Waals surface area (Å²) in [6.07, 6.45) is 3.98. The molecule has 0 bridgehead atoms. The first-order chi connectivity index (χ1) is 18.1. The van der Waals surface area contributed by atoms with Gasteiger partial charge in [-0.25, -0.2) is 9.97 Å². The van der Waals surface area contributed by atoms with E-state index in [1.54, 1.807) is 23.2 Å². The minimum atomic E-state index is -0.522. The van der Waals surface area contributed by atoms with Crippen LogP contribution in [0.4, 0.5) is 11.5 Å². The number of hydrogen-bond donors (Lipinski definition) is 2. The maximum atomic E-state index is 11.9. The number of aromatic nitrogens is 3. The molecule has 10 heteroatoms. The maximum Gasteiger partial charge on any atom is 0.248 e. The topological polar surface area (TPSA) is 110 Å². The van der Waals surface area contributed by atoms with E-state index < -0.39 is 6.61 Å². The predicted molar refractivity (Wildman–Crippen MR) is 142 cm³/mol. The summed E-state index contributed by atoms with van der Waals surface area (Å²) in [5.74, 6) is 1.35. The number of anilines is 2. The number of aliphatic hydroxyl groups is 1. The fourth-order valence-electron chi connectivity index (χ4n) is 3.76. The molecule has 2 aromatic heterocycles. The quantitative estimate of drug-likeness (QED) is 0.278. The number of fused-ring (bicyclic) bond motifs is 1. The molecule has 0 fully saturated rings. The first-order valence-electron chi connectivity index (χ1n) is 11.9. The molecule has 2 N–H and O–H groups in total. The Morgan fingerprint density at radius 1 is 1.03 bits per heavy atom. The fourth-order valence-corrected chi connectivity index (χ4v) is 3.99. The average molecular weight is 522 g/mol. The van der Waals surface area contributed by atoms with Crippen molar-refractivity contribution in [3.63, 3.8) is 0 Å². The van der Waals surface area contributed by atoms with Crippen LogP contribution in [-0.2, 0) is 11.4 Å². The van der Waals surface area contributed by atoms with Crippen LogP contribution in [0.3, 0.4) is 0 Å². The molecular weight excluding hydrogens is 494 g/mol. The molecule has 0 atom stereocenters. The van der Waals surface area contributed by atoms with E-state index in [1.807, 2.05) is 49.4 Å². The summed E-state index contributed by atoms with van der Waals surface area (Å²) in [5.41, 5.74) is 2.22. The van der Waals surface area contributed by atoms with Gasteiger partial charge < -0.3 is 24.8 Å².